The maximum absolute atomic E-state index is 8.10. The maximum atomic E-state index is 8.10. The molecule has 1 heterocycles. The molecule has 16 heavy (non-hydrogen) atoms. The first-order valence-corrected chi connectivity index (χ1v) is 5.88. The van der Waals surface area contributed by atoms with E-state index in [-0.39, 0.29) is 0 Å². The number of nitrogens with zero attached hydrogens (tertiary/aromatic N) is 4. The lowest BCUT2D eigenvalue weighted by molar-refractivity contribution is 0.489. The van der Waals surface area contributed by atoms with E-state index in [1.165, 1.54) is 11.8 Å². The zero-order valence-corrected chi connectivity index (χ0v) is 9.35. The second-order valence-electron chi connectivity index (χ2n) is 3.10. The Morgan fingerprint density at radius 2 is 2.31 bits per heavy atom. The molecule has 0 unspecified atom stereocenters. The van der Waals surface area contributed by atoms with E-state index < -0.39 is 0 Å². The van der Waals surface area contributed by atoms with Crippen molar-refractivity contribution in [3.8, 4) is 0 Å². The zero-order chi connectivity index (χ0) is 11.2. The van der Waals surface area contributed by atoms with Gasteiger partial charge in [-0.25, -0.2) is 4.98 Å². The molecule has 0 aliphatic rings. The van der Waals surface area contributed by atoms with E-state index in [9.17, 15) is 0 Å². The Kier molecular flexibility index (Phi) is 3.69. The molecule has 0 radical (unpaired) electrons. The van der Waals surface area contributed by atoms with Crippen LogP contribution in [0.2, 0.25) is 0 Å². The summed E-state index contributed by atoms with van der Waals surface area (Å²) in [6.07, 6.45) is 0.827. The van der Waals surface area contributed by atoms with Crippen molar-refractivity contribution in [1.29, 1.82) is 0 Å². The molecule has 0 N–H and O–H groups in total. The summed E-state index contributed by atoms with van der Waals surface area (Å²) in [5.41, 5.74) is 9.78. The third-order valence-corrected chi connectivity index (χ3v) is 2.88. The minimum absolute atomic E-state index is 0.518. The second-order valence-corrected chi connectivity index (χ2v) is 4.15. The van der Waals surface area contributed by atoms with E-state index >= 15 is 0 Å². The highest BCUT2D eigenvalue weighted by molar-refractivity contribution is 7.99. The van der Waals surface area contributed by atoms with E-state index in [1.807, 2.05) is 24.3 Å². The normalized spacial score (nSPS) is 10.2. The lowest BCUT2D eigenvalue weighted by Gasteiger charge is -1.92. The molecule has 6 heteroatoms. The fraction of sp³-hybridized carbons (Fsp3) is 0.300. The molecule has 2 aromatic rings. The Labute approximate surface area is 96.5 Å². The molecule has 0 amide bonds. The zero-order valence-electron chi connectivity index (χ0n) is 8.54. The fourth-order valence-corrected chi connectivity index (χ4v) is 2.01. The van der Waals surface area contributed by atoms with Crippen LogP contribution in [0.1, 0.15) is 6.42 Å². The van der Waals surface area contributed by atoms with Crippen molar-refractivity contribution in [2.24, 2.45) is 5.11 Å². The van der Waals surface area contributed by atoms with Crippen molar-refractivity contribution in [2.45, 2.75) is 11.6 Å². The number of aromatic nitrogens is 1. The van der Waals surface area contributed by atoms with Gasteiger partial charge in [0.15, 0.2) is 5.58 Å². The van der Waals surface area contributed by atoms with Crippen molar-refractivity contribution < 1.29 is 4.42 Å². The second kappa shape index (κ2) is 5.44. The predicted octanol–water partition coefficient (Wildman–Crippen LogP) is 3.62. The molecule has 0 atom stereocenters. The van der Waals surface area contributed by atoms with Crippen LogP contribution in [0.15, 0.2) is 39.0 Å². The van der Waals surface area contributed by atoms with Gasteiger partial charge in [-0.1, -0.05) is 29.0 Å². The van der Waals surface area contributed by atoms with Gasteiger partial charge in [0, 0.05) is 17.2 Å². The van der Waals surface area contributed by atoms with Gasteiger partial charge < -0.3 is 4.42 Å². The van der Waals surface area contributed by atoms with Crippen LogP contribution in [0.4, 0.5) is 0 Å². The number of oxazole rings is 1. The minimum atomic E-state index is 0.518. The van der Waals surface area contributed by atoms with Crippen molar-refractivity contribution in [1.82, 2.24) is 4.98 Å². The quantitative estimate of drug-likeness (QED) is 0.260. The van der Waals surface area contributed by atoms with Crippen LogP contribution in [0.3, 0.4) is 0 Å². The summed E-state index contributed by atoms with van der Waals surface area (Å²) in [6, 6.07) is 7.67. The van der Waals surface area contributed by atoms with Crippen LogP contribution >= 0.6 is 11.8 Å². The third-order valence-electron chi connectivity index (χ3n) is 1.97. The first kappa shape index (κ1) is 10.9. The van der Waals surface area contributed by atoms with Gasteiger partial charge in [-0.3, -0.25) is 0 Å². The number of hydrogen-bond donors (Lipinski definition) is 0. The smallest absolute Gasteiger partial charge is 0.256 e. The number of rotatable bonds is 5. The van der Waals surface area contributed by atoms with Gasteiger partial charge in [-0.15, -0.1) is 0 Å². The molecule has 5 nitrogen and oxygen atoms in total. The fourth-order valence-electron chi connectivity index (χ4n) is 1.25. The molecule has 82 valence electrons. The molecule has 0 bridgehead atoms. The molecule has 0 spiro atoms. The third kappa shape index (κ3) is 2.68. The van der Waals surface area contributed by atoms with Gasteiger partial charge in [0.05, 0.1) is 0 Å². The number of azide groups is 1. The Morgan fingerprint density at radius 3 is 3.12 bits per heavy atom. The van der Waals surface area contributed by atoms with Crippen LogP contribution in [0, 0.1) is 0 Å². The van der Waals surface area contributed by atoms with Gasteiger partial charge in [0.2, 0.25) is 0 Å². The number of para-hydroxylation sites is 2. The monoisotopic (exact) mass is 234 g/mol. The number of hydrogen-bond acceptors (Lipinski definition) is 4. The topological polar surface area (TPSA) is 74.8 Å². The average molecular weight is 234 g/mol. The highest BCUT2D eigenvalue weighted by atomic mass is 32.2. The number of fused-ring (bicyclic) bond motifs is 1. The number of benzene rings is 1. The molecule has 0 aliphatic carbocycles. The Balaban J connectivity index is 1.92. The maximum Gasteiger partial charge on any atom is 0.256 e. The van der Waals surface area contributed by atoms with Crippen molar-refractivity contribution in [3.05, 3.63) is 34.7 Å². The summed E-state index contributed by atoms with van der Waals surface area (Å²) in [5.74, 6) is 0.839. The molecule has 2 rings (SSSR count). The van der Waals surface area contributed by atoms with Gasteiger partial charge >= 0.3 is 0 Å². The highest BCUT2D eigenvalue weighted by Gasteiger charge is 2.04. The minimum Gasteiger partial charge on any atom is -0.431 e. The Bertz CT molecular complexity index is 485. The Morgan fingerprint density at radius 1 is 1.44 bits per heavy atom. The summed E-state index contributed by atoms with van der Waals surface area (Å²) >= 11 is 1.54. The lowest BCUT2D eigenvalue weighted by Crippen LogP contribution is -1.83. The molecular weight excluding hydrogens is 224 g/mol. The van der Waals surface area contributed by atoms with Gasteiger partial charge in [0.1, 0.15) is 5.52 Å². The molecule has 0 saturated heterocycles. The van der Waals surface area contributed by atoms with E-state index in [1.54, 1.807) is 0 Å². The molecule has 0 aliphatic heterocycles. The predicted molar refractivity (Wildman–Crippen MR) is 63.4 cm³/mol. The Hall–Kier alpha value is -1.65. The van der Waals surface area contributed by atoms with E-state index in [4.69, 9.17) is 9.95 Å². The van der Waals surface area contributed by atoms with Crippen LogP contribution < -0.4 is 0 Å². The van der Waals surface area contributed by atoms with Crippen molar-refractivity contribution in [3.63, 3.8) is 0 Å². The molecule has 1 aromatic heterocycles. The van der Waals surface area contributed by atoms with Gasteiger partial charge in [0.25, 0.3) is 5.22 Å². The van der Waals surface area contributed by atoms with Crippen molar-refractivity contribution in [2.75, 3.05) is 12.3 Å². The molecule has 0 fully saturated rings. The van der Waals surface area contributed by atoms with E-state index in [2.05, 4.69) is 15.0 Å². The number of thioether (sulfide) groups is 1. The standard InChI is InChI=1S/C10H10N4OS/c11-14-12-6-3-7-16-10-13-8-4-1-2-5-9(8)15-10/h1-2,4-5H,3,6-7H2. The lowest BCUT2D eigenvalue weighted by atomic mass is 10.3. The summed E-state index contributed by atoms with van der Waals surface area (Å²) in [5, 5.41) is 4.13. The van der Waals surface area contributed by atoms with Crippen LogP contribution in [0.25, 0.3) is 21.5 Å². The van der Waals surface area contributed by atoms with Crippen LogP contribution in [0.5, 0.6) is 0 Å². The first-order chi connectivity index (χ1) is 7.90. The van der Waals surface area contributed by atoms with Gasteiger partial charge in [-0.2, -0.15) is 0 Å². The molecule has 0 saturated carbocycles. The summed E-state index contributed by atoms with van der Waals surface area (Å²) in [7, 11) is 0. The summed E-state index contributed by atoms with van der Waals surface area (Å²) in [6.45, 7) is 0.518. The van der Waals surface area contributed by atoms with Crippen LogP contribution in [-0.2, 0) is 0 Å². The molecular formula is C10H10N4OS. The largest absolute Gasteiger partial charge is 0.431 e. The van der Waals surface area contributed by atoms with Crippen molar-refractivity contribution >= 4 is 22.9 Å². The van der Waals surface area contributed by atoms with E-state index in [0.717, 1.165) is 23.3 Å². The van der Waals surface area contributed by atoms with Gasteiger partial charge in [-0.05, 0) is 24.1 Å². The first-order valence-electron chi connectivity index (χ1n) is 4.89. The van der Waals surface area contributed by atoms with E-state index in [0.29, 0.717) is 11.8 Å². The van der Waals surface area contributed by atoms with Crippen LogP contribution in [-0.4, -0.2) is 17.3 Å². The average Bonchev–Trinajstić information content (AvgIpc) is 2.71. The molecule has 1 aromatic carbocycles. The summed E-state index contributed by atoms with van der Waals surface area (Å²) < 4.78 is 5.52. The highest BCUT2D eigenvalue weighted by Crippen LogP contribution is 2.23. The summed E-state index contributed by atoms with van der Waals surface area (Å²) in [4.78, 5) is 7.02. The SMILES string of the molecule is [N-]=[N+]=NCCCSc1nc2ccccc2o1.